The zero-order valence-corrected chi connectivity index (χ0v) is 27.8. The summed E-state index contributed by atoms with van der Waals surface area (Å²) in [6.45, 7) is 6.15. The van der Waals surface area contributed by atoms with Gasteiger partial charge in [0.25, 0.3) is 5.56 Å². The monoisotopic (exact) mass is 662 g/mol. The summed E-state index contributed by atoms with van der Waals surface area (Å²) in [6.07, 6.45) is 3.38. The summed E-state index contributed by atoms with van der Waals surface area (Å²) in [7, 11) is 2.07. The van der Waals surface area contributed by atoms with Gasteiger partial charge in [0.1, 0.15) is 24.6 Å². The predicted molar refractivity (Wildman–Crippen MR) is 183 cm³/mol. The van der Waals surface area contributed by atoms with Crippen molar-refractivity contribution in [3.63, 3.8) is 0 Å². The van der Waals surface area contributed by atoms with Gasteiger partial charge in [-0.3, -0.25) is 14.5 Å². The number of nitriles is 1. The highest BCUT2D eigenvalue weighted by atomic mass is 16.6. The number of rotatable bonds is 8. The van der Waals surface area contributed by atoms with Crippen LogP contribution in [0.25, 0.3) is 27.6 Å². The Labute approximate surface area is 282 Å². The zero-order chi connectivity index (χ0) is 34.1. The molecule has 1 N–H and O–H groups in total. The Kier molecular flexibility index (Phi) is 8.83. The maximum absolute atomic E-state index is 14.5. The number of anilines is 1. The number of hydrogen-bond acceptors (Lipinski definition) is 11. The number of carbonyl (C=O) groups is 1. The second kappa shape index (κ2) is 13.5. The molecule has 2 aliphatic heterocycles. The van der Waals surface area contributed by atoms with Crippen LogP contribution in [0.4, 0.5) is 10.6 Å². The Hall–Kier alpha value is -5.55. The van der Waals surface area contributed by atoms with Crippen molar-refractivity contribution < 1.29 is 14.3 Å². The van der Waals surface area contributed by atoms with E-state index in [1.807, 2.05) is 54.3 Å². The molecule has 2 unspecified atom stereocenters. The van der Waals surface area contributed by atoms with Crippen molar-refractivity contribution in [1.29, 1.82) is 5.26 Å². The summed E-state index contributed by atoms with van der Waals surface area (Å²) in [5, 5.41) is 17.7. The summed E-state index contributed by atoms with van der Waals surface area (Å²) >= 11 is 0. The van der Waals surface area contributed by atoms with Gasteiger partial charge in [-0.15, -0.1) is 0 Å². The zero-order valence-electron chi connectivity index (χ0n) is 27.8. The van der Waals surface area contributed by atoms with Crippen molar-refractivity contribution >= 4 is 33.8 Å². The summed E-state index contributed by atoms with van der Waals surface area (Å²) < 4.78 is 13.4. The molecule has 5 aromatic rings. The molecule has 49 heavy (non-hydrogen) atoms. The number of aryl methyl sites for hydroxylation is 2. The number of amides is 1. The quantitative estimate of drug-likeness (QED) is 0.257. The molecule has 2 aliphatic rings. The van der Waals surface area contributed by atoms with E-state index in [1.54, 1.807) is 22.6 Å². The van der Waals surface area contributed by atoms with Crippen LogP contribution < -0.4 is 15.2 Å². The molecule has 2 saturated heterocycles. The average Bonchev–Trinajstić information content (AvgIpc) is 3.76. The lowest BCUT2D eigenvalue weighted by Gasteiger charge is -2.40. The second-order valence-electron chi connectivity index (χ2n) is 12.7. The second-order valence-corrected chi connectivity index (χ2v) is 12.7. The number of piperazine rings is 1. The molecule has 14 heteroatoms. The minimum Gasteiger partial charge on any atom is -0.462 e. The highest BCUT2D eigenvalue weighted by molar-refractivity contribution is 5.90. The number of H-pyrrole nitrogens is 1. The van der Waals surface area contributed by atoms with Gasteiger partial charge in [-0.25, -0.2) is 9.78 Å². The van der Waals surface area contributed by atoms with Crippen LogP contribution in [0.3, 0.4) is 0 Å². The van der Waals surface area contributed by atoms with Gasteiger partial charge in [0.05, 0.1) is 35.9 Å². The van der Waals surface area contributed by atoms with Crippen LogP contribution in [0.5, 0.6) is 6.01 Å². The number of carbonyl (C=O) groups excluding carboxylic acids is 1. The first-order valence-electron chi connectivity index (χ1n) is 16.5. The fourth-order valence-electron chi connectivity index (χ4n) is 6.83. The van der Waals surface area contributed by atoms with Crippen molar-refractivity contribution in [2.75, 3.05) is 44.7 Å². The molecule has 0 saturated carbocycles. The average molecular weight is 663 g/mol. The van der Waals surface area contributed by atoms with Gasteiger partial charge >= 0.3 is 12.1 Å². The number of nitrogens with one attached hydrogen (secondary N) is 1. The molecule has 7 rings (SSSR count). The Bertz CT molecular complexity index is 2110. The third kappa shape index (κ3) is 6.25. The molecule has 1 amide bonds. The van der Waals surface area contributed by atoms with Crippen molar-refractivity contribution in [3.8, 4) is 17.8 Å². The molecule has 5 heterocycles. The lowest BCUT2D eigenvalue weighted by atomic mass is 10.1. The first kappa shape index (κ1) is 32.0. The number of fused-ring (bicyclic) bond motifs is 2. The number of nitrogens with zero attached hydrogens (tertiary/aromatic N) is 9. The Morgan fingerprint density at radius 2 is 1.88 bits per heavy atom. The third-order valence-corrected chi connectivity index (χ3v) is 9.49. The molecule has 3 aromatic heterocycles. The minimum absolute atomic E-state index is 0.0804. The van der Waals surface area contributed by atoms with Crippen LogP contribution in [-0.2, 0) is 11.3 Å². The highest BCUT2D eigenvalue weighted by Crippen LogP contribution is 2.30. The van der Waals surface area contributed by atoms with Crippen LogP contribution >= 0.6 is 0 Å². The molecule has 0 bridgehead atoms. The Morgan fingerprint density at radius 3 is 2.65 bits per heavy atom. The molecule has 252 valence electrons. The van der Waals surface area contributed by atoms with E-state index in [-0.39, 0.29) is 49.2 Å². The van der Waals surface area contributed by atoms with Crippen LogP contribution in [0.2, 0.25) is 0 Å². The van der Waals surface area contributed by atoms with Crippen molar-refractivity contribution in [3.05, 3.63) is 76.0 Å². The number of aromatic nitrogens is 6. The maximum atomic E-state index is 14.5. The Balaban J connectivity index is 1.26. The van der Waals surface area contributed by atoms with Crippen molar-refractivity contribution in [2.24, 2.45) is 0 Å². The number of hydrogen-bond donors (Lipinski definition) is 1. The maximum Gasteiger partial charge on any atom is 0.410 e. The van der Waals surface area contributed by atoms with Crippen molar-refractivity contribution in [2.45, 2.75) is 51.8 Å². The van der Waals surface area contributed by atoms with Crippen LogP contribution in [0.1, 0.15) is 36.2 Å². The predicted octanol–water partition coefficient (Wildman–Crippen LogP) is 3.88. The molecule has 2 fully saturated rings. The summed E-state index contributed by atoms with van der Waals surface area (Å²) in [4.78, 5) is 47.9. The van der Waals surface area contributed by atoms with Gasteiger partial charge in [-0.05, 0) is 57.5 Å². The van der Waals surface area contributed by atoms with Gasteiger partial charge in [-0.2, -0.15) is 20.3 Å². The van der Waals surface area contributed by atoms with Crippen molar-refractivity contribution in [1.82, 2.24) is 39.5 Å². The van der Waals surface area contributed by atoms with Gasteiger partial charge in [-0.1, -0.05) is 36.4 Å². The SMILES string of the molecule is Cc1ccc2[nH]ncc2c1-n1c(C)nc2c(N3CCN(C(=O)OCc4ccccc4)C(CC#N)C3)nc(OCC3CCCN3C)nc2c1=O. The van der Waals surface area contributed by atoms with E-state index in [9.17, 15) is 14.9 Å². The minimum atomic E-state index is -0.485. The molecule has 2 atom stereocenters. The molecule has 14 nitrogen and oxygen atoms in total. The molecule has 2 aromatic carbocycles. The molecule has 0 radical (unpaired) electrons. The van der Waals surface area contributed by atoms with E-state index in [1.165, 1.54) is 0 Å². The normalized spacial score (nSPS) is 18.2. The standard InChI is InChI=1S/C35H38N10O4/c1-22-11-12-28-27(18-37-41-28)31(22)45-23(2)38-29-30(33(45)46)39-34(48-21-26-10-7-15-42(26)3)40-32(29)43-16-17-44(25(19-43)13-14-36)35(47)49-20-24-8-5-4-6-9-24/h4-6,8-9,11-12,18,25-26H,7,10,13,15-17,19-21H2,1-3H3,(H,37,41). The summed E-state index contributed by atoms with van der Waals surface area (Å²) in [6, 6.07) is 15.4. The van der Waals surface area contributed by atoms with E-state index in [0.29, 0.717) is 36.0 Å². The first-order chi connectivity index (χ1) is 23.8. The van der Waals surface area contributed by atoms with Crippen LogP contribution in [0.15, 0.2) is 53.5 Å². The van der Waals surface area contributed by atoms with E-state index in [2.05, 4.69) is 33.2 Å². The number of ether oxygens (including phenoxy) is 2. The Morgan fingerprint density at radius 1 is 1.04 bits per heavy atom. The van der Waals surface area contributed by atoms with Gasteiger partial charge in [0.2, 0.25) is 0 Å². The number of benzene rings is 2. The van der Waals surface area contributed by atoms with E-state index >= 15 is 0 Å². The molecular weight excluding hydrogens is 624 g/mol. The fraction of sp³-hybridized carbons (Fsp3) is 0.400. The number of likely N-dealkylation sites (tertiary alicyclic amines) is 1. The summed E-state index contributed by atoms with van der Waals surface area (Å²) in [5.74, 6) is 0.878. The molecular formula is C35H38N10O4. The summed E-state index contributed by atoms with van der Waals surface area (Å²) in [5.41, 5.74) is 3.32. The van der Waals surface area contributed by atoms with E-state index in [4.69, 9.17) is 19.4 Å². The van der Waals surface area contributed by atoms with Crippen LogP contribution in [0, 0.1) is 25.2 Å². The first-order valence-corrected chi connectivity index (χ1v) is 16.5. The number of aromatic amines is 1. The smallest absolute Gasteiger partial charge is 0.410 e. The van der Waals surface area contributed by atoms with Gasteiger partial charge < -0.3 is 24.2 Å². The van der Waals surface area contributed by atoms with E-state index < -0.39 is 12.1 Å². The number of likely N-dealkylation sites (N-methyl/N-ethyl adjacent to an activating group) is 1. The third-order valence-electron chi connectivity index (χ3n) is 9.49. The van der Waals surface area contributed by atoms with Crippen LogP contribution in [-0.4, -0.2) is 97.5 Å². The van der Waals surface area contributed by atoms with Gasteiger partial charge in [0.15, 0.2) is 11.3 Å². The van der Waals surface area contributed by atoms with Gasteiger partial charge in [0, 0.05) is 31.1 Å². The topological polar surface area (TPSA) is 158 Å². The van der Waals surface area contributed by atoms with E-state index in [0.717, 1.165) is 41.4 Å². The lowest BCUT2D eigenvalue weighted by Crippen LogP contribution is -2.55. The lowest BCUT2D eigenvalue weighted by molar-refractivity contribution is 0.0768. The fourth-order valence-corrected chi connectivity index (χ4v) is 6.83. The highest BCUT2D eigenvalue weighted by Gasteiger charge is 2.34. The largest absolute Gasteiger partial charge is 0.462 e. The molecule has 0 aliphatic carbocycles. The molecule has 0 spiro atoms.